The van der Waals surface area contributed by atoms with E-state index in [2.05, 4.69) is 20.2 Å². The van der Waals surface area contributed by atoms with Gasteiger partial charge < -0.3 is 17.2 Å². The first-order valence-electron chi connectivity index (χ1n) is 5.23. The maximum atomic E-state index is 5.60. The number of rotatable bonds is 1. The Morgan fingerprint density at radius 3 is 2.67 bits per heavy atom. The zero-order valence-corrected chi connectivity index (χ0v) is 9.83. The van der Waals surface area contributed by atoms with Crippen molar-refractivity contribution in [2.75, 3.05) is 0 Å². The van der Waals surface area contributed by atoms with Gasteiger partial charge in [-0.25, -0.2) is 4.99 Å². The molecule has 6 N–H and O–H groups in total. The van der Waals surface area contributed by atoms with Gasteiger partial charge >= 0.3 is 0 Å². The normalized spacial score (nSPS) is 11.5. The van der Waals surface area contributed by atoms with E-state index in [0.29, 0.717) is 5.69 Å². The van der Waals surface area contributed by atoms with E-state index in [9.17, 15) is 0 Å². The second kappa shape index (κ2) is 4.66. The van der Waals surface area contributed by atoms with Crippen molar-refractivity contribution in [2.45, 2.75) is 6.92 Å². The minimum absolute atomic E-state index is 0.00281. The summed E-state index contributed by atoms with van der Waals surface area (Å²) in [6, 6.07) is 7.34. The summed E-state index contributed by atoms with van der Waals surface area (Å²) in [5.41, 5.74) is 18.2. The van der Waals surface area contributed by atoms with Gasteiger partial charge in [-0.1, -0.05) is 6.07 Å². The van der Waals surface area contributed by atoms with Crippen molar-refractivity contribution in [1.29, 1.82) is 0 Å². The minimum Gasteiger partial charge on any atom is -0.370 e. The summed E-state index contributed by atoms with van der Waals surface area (Å²) in [5, 5.41) is 8.89. The van der Waals surface area contributed by atoms with Gasteiger partial charge in [0.2, 0.25) is 5.96 Å². The molecule has 0 aliphatic carbocycles. The molecule has 92 valence electrons. The van der Waals surface area contributed by atoms with Crippen LogP contribution in [0.2, 0.25) is 0 Å². The average Bonchev–Trinajstić information content (AvgIpc) is 2.28. The second-order valence-electron chi connectivity index (χ2n) is 3.70. The third kappa shape index (κ3) is 2.51. The molecule has 0 atom stereocenters. The molecule has 2 aromatic rings. The van der Waals surface area contributed by atoms with Crippen molar-refractivity contribution in [1.82, 2.24) is 10.2 Å². The SMILES string of the molecule is Cc1cc2c(N=C(N)N=C(N)N)cccc2nn1. The summed E-state index contributed by atoms with van der Waals surface area (Å²) in [6.45, 7) is 1.85. The summed E-state index contributed by atoms with van der Waals surface area (Å²) in [7, 11) is 0. The first-order chi connectivity index (χ1) is 8.56. The maximum Gasteiger partial charge on any atom is 0.223 e. The highest BCUT2D eigenvalue weighted by molar-refractivity contribution is 5.97. The minimum atomic E-state index is -0.132. The van der Waals surface area contributed by atoms with E-state index in [0.717, 1.165) is 16.6 Å². The van der Waals surface area contributed by atoms with Gasteiger partial charge in [0.05, 0.1) is 16.9 Å². The molecule has 1 aromatic carbocycles. The van der Waals surface area contributed by atoms with Gasteiger partial charge in [0.15, 0.2) is 5.96 Å². The van der Waals surface area contributed by atoms with Crippen LogP contribution in [0.15, 0.2) is 34.3 Å². The van der Waals surface area contributed by atoms with Gasteiger partial charge in [0.25, 0.3) is 0 Å². The Morgan fingerprint density at radius 1 is 1.17 bits per heavy atom. The smallest absolute Gasteiger partial charge is 0.223 e. The van der Waals surface area contributed by atoms with Crippen molar-refractivity contribution in [3.63, 3.8) is 0 Å². The lowest BCUT2D eigenvalue weighted by molar-refractivity contribution is 1.02. The van der Waals surface area contributed by atoms with E-state index in [4.69, 9.17) is 17.2 Å². The molecule has 18 heavy (non-hydrogen) atoms. The summed E-state index contributed by atoms with van der Waals surface area (Å²) in [6.07, 6.45) is 0. The van der Waals surface area contributed by atoms with Crippen molar-refractivity contribution in [3.05, 3.63) is 30.0 Å². The van der Waals surface area contributed by atoms with Crippen LogP contribution in [0.4, 0.5) is 5.69 Å². The van der Waals surface area contributed by atoms with Crippen LogP contribution >= 0.6 is 0 Å². The fraction of sp³-hybridized carbons (Fsp3) is 0.0909. The first kappa shape index (κ1) is 11.8. The van der Waals surface area contributed by atoms with Crippen LogP contribution in [-0.4, -0.2) is 22.1 Å². The third-order valence-electron chi connectivity index (χ3n) is 2.21. The summed E-state index contributed by atoms with van der Waals surface area (Å²) >= 11 is 0. The molecule has 0 saturated heterocycles. The van der Waals surface area contributed by atoms with Crippen LogP contribution in [0.25, 0.3) is 10.9 Å². The number of guanidine groups is 2. The number of hydrogen-bond donors (Lipinski definition) is 3. The van der Waals surface area contributed by atoms with Crippen LogP contribution in [0.1, 0.15) is 5.69 Å². The zero-order valence-electron chi connectivity index (χ0n) is 9.83. The van der Waals surface area contributed by atoms with Crippen LogP contribution in [-0.2, 0) is 0 Å². The van der Waals surface area contributed by atoms with Crippen molar-refractivity contribution < 1.29 is 0 Å². The van der Waals surface area contributed by atoms with E-state index >= 15 is 0 Å². The Morgan fingerprint density at radius 2 is 1.94 bits per heavy atom. The number of aryl methyl sites for hydroxylation is 1. The molecule has 7 heteroatoms. The lowest BCUT2D eigenvalue weighted by atomic mass is 10.2. The van der Waals surface area contributed by atoms with E-state index in [-0.39, 0.29) is 11.9 Å². The van der Waals surface area contributed by atoms with E-state index in [1.54, 1.807) is 6.07 Å². The summed E-state index contributed by atoms with van der Waals surface area (Å²) < 4.78 is 0. The maximum absolute atomic E-state index is 5.60. The van der Waals surface area contributed by atoms with Crippen molar-refractivity contribution in [2.24, 2.45) is 27.2 Å². The van der Waals surface area contributed by atoms with Gasteiger partial charge in [-0.2, -0.15) is 15.2 Å². The Balaban J connectivity index is 2.58. The van der Waals surface area contributed by atoms with E-state index in [1.807, 2.05) is 25.1 Å². The van der Waals surface area contributed by atoms with Gasteiger partial charge in [0.1, 0.15) is 0 Å². The van der Waals surface area contributed by atoms with E-state index in [1.165, 1.54) is 0 Å². The highest BCUT2D eigenvalue weighted by Gasteiger charge is 2.02. The molecule has 0 fully saturated rings. The van der Waals surface area contributed by atoms with E-state index < -0.39 is 0 Å². The second-order valence-corrected chi connectivity index (χ2v) is 3.70. The quantitative estimate of drug-likeness (QED) is 0.485. The molecule has 0 bridgehead atoms. The lowest BCUT2D eigenvalue weighted by Crippen LogP contribution is -2.26. The van der Waals surface area contributed by atoms with Crippen LogP contribution in [0, 0.1) is 6.92 Å². The Hall–Kier alpha value is -2.70. The molecule has 0 amide bonds. The topological polar surface area (TPSA) is 129 Å². The number of nitrogens with two attached hydrogens (primary N) is 3. The molecular formula is C11H13N7. The number of hydrogen-bond acceptors (Lipinski definition) is 3. The molecule has 1 aromatic heterocycles. The standard InChI is InChI=1S/C11H13N7/c1-6-5-7-8(15-11(14)16-10(12)13)3-2-4-9(7)18-17-6/h2-5H,1H3,(H6,12,13,14,15,16). The molecule has 0 spiro atoms. The molecule has 0 aliphatic heterocycles. The fourth-order valence-corrected chi connectivity index (χ4v) is 1.52. The molecule has 0 aliphatic rings. The Labute approximate surface area is 103 Å². The average molecular weight is 243 g/mol. The summed E-state index contributed by atoms with van der Waals surface area (Å²) in [5.74, 6) is -0.135. The molecule has 0 saturated carbocycles. The molecule has 0 radical (unpaired) electrons. The highest BCUT2D eigenvalue weighted by atomic mass is 15.1. The molecule has 1 heterocycles. The molecule has 7 nitrogen and oxygen atoms in total. The lowest BCUT2D eigenvalue weighted by Gasteiger charge is -2.02. The zero-order chi connectivity index (χ0) is 13.1. The molecule has 2 rings (SSSR count). The van der Waals surface area contributed by atoms with Crippen molar-refractivity contribution >= 4 is 28.5 Å². The fourth-order valence-electron chi connectivity index (χ4n) is 1.52. The van der Waals surface area contributed by atoms with Crippen molar-refractivity contribution in [3.8, 4) is 0 Å². The van der Waals surface area contributed by atoms with Crippen LogP contribution < -0.4 is 17.2 Å². The number of aromatic nitrogens is 2. The Bertz CT molecular complexity index is 641. The third-order valence-corrected chi connectivity index (χ3v) is 2.21. The monoisotopic (exact) mass is 243 g/mol. The van der Waals surface area contributed by atoms with Gasteiger partial charge in [-0.15, -0.1) is 0 Å². The Kier molecular flexibility index (Phi) is 3.05. The predicted octanol–water partition coefficient (Wildman–Crippen LogP) is 0.158. The number of nitrogens with zero attached hydrogens (tertiary/aromatic N) is 4. The van der Waals surface area contributed by atoms with Crippen LogP contribution in [0.3, 0.4) is 0 Å². The van der Waals surface area contributed by atoms with Gasteiger partial charge in [0, 0.05) is 5.39 Å². The largest absolute Gasteiger partial charge is 0.370 e. The number of benzene rings is 1. The molecular weight excluding hydrogens is 230 g/mol. The summed E-state index contributed by atoms with van der Waals surface area (Å²) in [4.78, 5) is 7.81. The van der Waals surface area contributed by atoms with Gasteiger partial charge in [-0.05, 0) is 25.1 Å². The van der Waals surface area contributed by atoms with Crippen LogP contribution in [0.5, 0.6) is 0 Å². The predicted molar refractivity (Wildman–Crippen MR) is 71.4 cm³/mol. The van der Waals surface area contributed by atoms with Gasteiger partial charge in [-0.3, -0.25) is 0 Å². The number of fused-ring (bicyclic) bond motifs is 1. The molecule has 0 unspecified atom stereocenters. The highest BCUT2D eigenvalue weighted by Crippen LogP contribution is 2.24. The number of aliphatic imine (C=N–C) groups is 2. The first-order valence-corrected chi connectivity index (χ1v) is 5.23.